The molecule has 1 aliphatic heterocycles. The Kier molecular flexibility index (Phi) is 5.99. The van der Waals surface area contributed by atoms with Crippen molar-refractivity contribution in [3.05, 3.63) is 53.9 Å². The molecule has 0 spiro atoms. The molecule has 1 aliphatic carbocycles. The number of ether oxygens (including phenoxy) is 1. The van der Waals surface area contributed by atoms with E-state index in [-0.39, 0.29) is 11.8 Å². The SMILES string of the molecule is COc1cc([C@@H](c2nnnn2C2CCCC2)N2CCN(c3nc4ccccc4s3)CC2)ccc1O. The van der Waals surface area contributed by atoms with Crippen LogP contribution in [0.15, 0.2) is 42.5 Å². The molecule has 0 bridgehead atoms. The van der Waals surface area contributed by atoms with E-state index in [1.807, 2.05) is 22.9 Å². The third kappa shape index (κ3) is 4.21. The first-order valence-corrected chi connectivity index (χ1v) is 13.0. The van der Waals surface area contributed by atoms with Gasteiger partial charge in [0.1, 0.15) is 0 Å². The quantitative estimate of drug-likeness (QED) is 0.432. The van der Waals surface area contributed by atoms with Crippen LogP contribution in [0.4, 0.5) is 5.13 Å². The van der Waals surface area contributed by atoms with Gasteiger partial charge in [0.25, 0.3) is 0 Å². The van der Waals surface area contributed by atoms with Crippen molar-refractivity contribution in [3.63, 3.8) is 0 Å². The first kappa shape index (κ1) is 22.2. The fourth-order valence-corrected chi connectivity index (χ4v) is 6.36. The third-order valence-electron chi connectivity index (χ3n) is 7.19. The first-order valence-electron chi connectivity index (χ1n) is 12.2. The number of piperazine rings is 1. The number of fused-ring (bicyclic) bond motifs is 1. The van der Waals surface area contributed by atoms with Crippen molar-refractivity contribution >= 4 is 26.7 Å². The Labute approximate surface area is 208 Å². The molecule has 2 aliphatic rings. The van der Waals surface area contributed by atoms with E-state index in [1.54, 1.807) is 24.5 Å². The zero-order valence-electron chi connectivity index (χ0n) is 19.7. The molecule has 9 nitrogen and oxygen atoms in total. The van der Waals surface area contributed by atoms with E-state index in [1.165, 1.54) is 17.5 Å². The fraction of sp³-hybridized carbons (Fsp3) is 0.440. The number of aromatic nitrogens is 5. The van der Waals surface area contributed by atoms with Gasteiger partial charge in [-0.2, -0.15) is 0 Å². The van der Waals surface area contributed by atoms with Gasteiger partial charge in [0.15, 0.2) is 22.5 Å². The van der Waals surface area contributed by atoms with E-state index in [2.05, 4.69) is 43.5 Å². The highest BCUT2D eigenvalue weighted by molar-refractivity contribution is 7.22. The van der Waals surface area contributed by atoms with Gasteiger partial charge in [-0.3, -0.25) is 4.90 Å². The van der Waals surface area contributed by atoms with Gasteiger partial charge >= 0.3 is 0 Å². The predicted octanol–water partition coefficient (Wildman–Crippen LogP) is 4.02. The van der Waals surface area contributed by atoms with Gasteiger partial charge in [0.05, 0.1) is 29.4 Å². The normalized spacial score (nSPS) is 18.4. The predicted molar refractivity (Wildman–Crippen MR) is 135 cm³/mol. The zero-order chi connectivity index (χ0) is 23.8. The Morgan fingerprint density at radius 2 is 1.86 bits per heavy atom. The first-order chi connectivity index (χ1) is 17.2. The Balaban J connectivity index is 1.30. The van der Waals surface area contributed by atoms with Crippen LogP contribution in [0.25, 0.3) is 10.2 Å². The molecule has 1 saturated carbocycles. The molecule has 2 fully saturated rings. The molecule has 1 saturated heterocycles. The van der Waals surface area contributed by atoms with Crippen LogP contribution in [0.2, 0.25) is 0 Å². The van der Waals surface area contributed by atoms with Gasteiger partial charge in [-0.05, 0) is 53.1 Å². The average Bonchev–Trinajstić information content (AvgIpc) is 3.66. The summed E-state index contributed by atoms with van der Waals surface area (Å²) in [5.74, 6) is 1.45. The van der Waals surface area contributed by atoms with E-state index in [0.29, 0.717) is 11.8 Å². The minimum absolute atomic E-state index is 0.127. The largest absolute Gasteiger partial charge is 0.504 e. The third-order valence-corrected chi connectivity index (χ3v) is 8.28. The van der Waals surface area contributed by atoms with E-state index in [9.17, 15) is 5.11 Å². The van der Waals surface area contributed by atoms with Crippen LogP contribution in [0, 0.1) is 0 Å². The van der Waals surface area contributed by atoms with Crippen molar-refractivity contribution in [2.75, 3.05) is 38.2 Å². The number of phenolic OH excluding ortho intramolecular Hbond substituents is 1. The molecular weight excluding hydrogens is 462 g/mol. The number of anilines is 1. The highest BCUT2D eigenvalue weighted by Crippen LogP contribution is 2.38. The molecule has 0 radical (unpaired) electrons. The maximum atomic E-state index is 10.2. The molecule has 2 aromatic carbocycles. The maximum Gasteiger partial charge on any atom is 0.186 e. The molecule has 2 aromatic heterocycles. The number of hydrogen-bond acceptors (Lipinski definition) is 9. The van der Waals surface area contributed by atoms with Gasteiger partial charge in [0.2, 0.25) is 0 Å². The molecule has 1 atom stereocenters. The van der Waals surface area contributed by atoms with E-state index < -0.39 is 0 Å². The Morgan fingerprint density at radius 1 is 1.06 bits per heavy atom. The van der Waals surface area contributed by atoms with Crippen LogP contribution >= 0.6 is 11.3 Å². The lowest BCUT2D eigenvalue weighted by atomic mass is 10.0. The van der Waals surface area contributed by atoms with Crippen molar-refractivity contribution in [1.29, 1.82) is 0 Å². The second kappa shape index (κ2) is 9.43. The number of nitrogens with zero attached hydrogens (tertiary/aromatic N) is 7. The lowest BCUT2D eigenvalue weighted by Gasteiger charge is -2.39. The number of para-hydroxylation sites is 1. The summed E-state index contributed by atoms with van der Waals surface area (Å²) in [5.41, 5.74) is 2.07. The van der Waals surface area contributed by atoms with Gasteiger partial charge in [-0.25, -0.2) is 9.67 Å². The number of aromatic hydroxyl groups is 1. The average molecular weight is 492 g/mol. The number of thiazole rings is 1. The molecule has 6 rings (SSSR count). The van der Waals surface area contributed by atoms with E-state index in [0.717, 1.165) is 61.1 Å². The van der Waals surface area contributed by atoms with Crippen molar-refractivity contribution in [2.45, 2.75) is 37.8 Å². The smallest absolute Gasteiger partial charge is 0.186 e. The van der Waals surface area contributed by atoms with Crippen molar-refractivity contribution < 1.29 is 9.84 Å². The van der Waals surface area contributed by atoms with Crippen LogP contribution in [0.5, 0.6) is 11.5 Å². The summed E-state index contributed by atoms with van der Waals surface area (Å²) in [4.78, 5) is 9.67. The van der Waals surface area contributed by atoms with E-state index in [4.69, 9.17) is 9.72 Å². The van der Waals surface area contributed by atoms with Crippen LogP contribution in [0.1, 0.15) is 49.2 Å². The topological polar surface area (TPSA) is 92.4 Å². The molecule has 0 amide bonds. The minimum Gasteiger partial charge on any atom is -0.504 e. The van der Waals surface area contributed by atoms with Gasteiger partial charge in [-0.1, -0.05) is 42.4 Å². The molecule has 1 N–H and O–H groups in total. The van der Waals surface area contributed by atoms with Crippen molar-refractivity contribution in [1.82, 2.24) is 30.1 Å². The number of benzene rings is 2. The summed E-state index contributed by atoms with van der Waals surface area (Å²) in [7, 11) is 1.58. The second-order valence-corrected chi connectivity index (χ2v) is 10.3. The van der Waals surface area contributed by atoms with Gasteiger partial charge in [-0.15, -0.1) is 5.10 Å². The Morgan fingerprint density at radius 3 is 2.63 bits per heavy atom. The van der Waals surface area contributed by atoms with Crippen molar-refractivity contribution in [3.8, 4) is 11.5 Å². The number of hydrogen-bond donors (Lipinski definition) is 1. The van der Waals surface area contributed by atoms with Gasteiger partial charge < -0.3 is 14.7 Å². The van der Waals surface area contributed by atoms with Crippen LogP contribution < -0.4 is 9.64 Å². The zero-order valence-corrected chi connectivity index (χ0v) is 20.6. The number of tetrazole rings is 1. The molecule has 3 heterocycles. The lowest BCUT2D eigenvalue weighted by molar-refractivity contribution is 0.197. The summed E-state index contributed by atoms with van der Waals surface area (Å²) in [6, 6.07) is 14.1. The number of phenols is 1. The monoisotopic (exact) mass is 491 g/mol. The van der Waals surface area contributed by atoms with E-state index >= 15 is 0 Å². The summed E-state index contributed by atoms with van der Waals surface area (Å²) in [6.07, 6.45) is 4.63. The van der Waals surface area contributed by atoms with Crippen molar-refractivity contribution in [2.24, 2.45) is 0 Å². The standard InChI is InChI=1S/C25H29N7O2S/c1-34-21-16-17(10-11-20(21)33)23(24-27-28-29-32(24)18-6-2-3-7-18)30-12-14-31(15-13-30)25-26-19-8-4-5-9-22(19)35-25/h4-5,8-11,16,18,23,33H,2-3,6-7,12-15H2,1H3/t23-/m0/s1. The molecule has 10 heteroatoms. The molecule has 182 valence electrons. The number of rotatable bonds is 6. The second-order valence-electron chi connectivity index (χ2n) is 9.24. The van der Waals surface area contributed by atoms with Gasteiger partial charge in [0, 0.05) is 26.2 Å². The summed E-state index contributed by atoms with van der Waals surface area (Å²) >= 11 is 1.75. The Hall–Kier alpha value is -3.24. The summed E-state index contributed by atoms with van der Waals surface area (Å²) in [5, 5.41) is 24.3. The Bertz CT molecular complexity index is 1280. The fourth-order valence-electron chi connectivity index (χ4n) is 5.34. The van der Waals surface area contributed by atoms with Crippen LogP contribution in [-0.4, -0.2) is 68.5 Å². The van der Waals surface area contributed by atoms with Crippen LogP contribution in [-0.2, 0) is 0 Å². The minimum atomic E-state index is -0.127. The molecular formula is C25H29N7O2S. The highest BCUT2D eigenvalue weighted by Gasteiger charge is 2.34. The molecule has 4 aromatic rings. The summed E-state index contributed by atoms with van der Waals surface area (Å²) < 4.78 is 8.69. The highest BCUT2D eigenvalue weighted by atomic mass is 32.1. The lowest BCUT2D eigenvalue weighted by Crippen LogP contribution is -2.48. The van der Waals surface area contributed by atoms with Crippen LogP contribution in [0.3, 0.4) is 0 Å². The molecule has 35 heavy (non-hydrogen) atoms. The summed E-state index contributed by atoms with van der Waals surface area (Å²) in [6.45, 7) is 3.44. The molecule has 0 unspecified atom stereocenters. The maximum absolute atomic E-state index is 10.2. The number of methoxy groups -OCH3 is 1.